The molecule has 1 heterocycles. The first-order valence-corrected chi connectivity index (χ1v) is 8.21. The third-order valence-corrected chi connectivity index (χ3v) is 3.99. The Bertz CT molecular complexity index is 574. The van der Waals surface area contributed by atoms with E-state index >= 15 is 0 Å². The number of nitro groups is 1. The lowest BCUT2D eigenvalue weighted by atomic mass is 9.86. The van der Waals surface area contributed by atoms with Crippen LogP contribution in [0, 0.1) is 16.0 Å². The van der Waals surface area contributed by atoms with Crippen LogP contribution < -0.4 is 10.6 Å². The first-order chi connectivity index (χ1) is 11.3. The van der Waals surface area contributed by atoms with Gasteiger partial charge in [0.25, 0.3) is 5.69 Å². The summed E-state index contributed by atoms with van der Waals surface area (Å²) in [5.74, 6) is 0.264. The molecule has 0 radical (unpaired) electrons. The number of nitro benzene ring substituents is 1. The number of ether oxygens (including phenoxy) is 1. The molecule has 1 atom stereocenters. The molecule has 2 rings (SSSR count). The van der Waals surface area contributed by atoms with Crippen LogP contribution in [-0.4, -0.2) is 29.7 Å². The first kappa shape index (κ1) is 18.2. The maximum Gasteiger partial charge on any atom is 0.408 e. The van der Waals surface area contributed by atoms with Gasteiger partial charge < -0.3 is 15.4 Å². The van der Waals surface area contributed by atoms with Crippen LogP contribution in [0.15, 0.2) is 24.3 Å². The Balaban J connectivity index is 2.18. The van der Waals surface area contributed by atoms with Crippen molar-refractivity contribution in [2.45, 2.75) is 45.3 Å². The molecule has 0 aromatic heterocycles. The second kappa shape index (κ2) is 7.61. The third-order valence-electron chi connectivity index (χ3n) is 3.99. The molecule has 1 fully saturated rings. The Morgan fingerprint density at radius 2 is 1.88 bits per heavy atom. The van der Waals surface area contributed by atoms with Crippen LogP contribution in [0.1, 0.15) is 45.2 Å². The zero-order valence-corrected chi connectivity index (χ0v) is 14.4. The largest absolute Gasteiger partial charge is 0.444 e. The molecule has 1 aliphatic heterocycles. The molecule has 1 amide bonds. The average Bonchev–Trinajstić information content (AvgIpc) is 2.52. The van der Waals surface area contributed by atoms with Crippen LogP contribution in [0.5, 0.6) is 0 Å². The summed E-state index contributed by atoms with van der Waals surface area (Å²) in [5, 5.41) is 17.1. The normalized spacial score (nSPS) is 17.1. The van der Waals surface area contributed by atoms with Crippen molar-refractivity contribution in [2.75, 3.05) is 13.1 Å². The molecule has 1 aliphatic rings. The van der Waals surface area contributed by atoms with Crippen molar-refractivity contribution in [3.63, 3.8) is 0 Å². The van der Waals surface area contributed by atoms with Gasteiger partial charge in [-0.25, -0.2) is 4.79 Å². The summed E-state index contributed by atoms with van der Waals surface area (Å²) in [6.45, 7) is 7.24. The maximum atomic E-state index is 12.2. The molecule has 1 saturated heterocycles. The number of nitrogens with one attached hydrogen (secondary N) is 2. The standard InChI is InChI=1S/C17H25N3O4/c1-17(2,3)24-16(21)19-15(13-8-10-18-11-9-13)12-4-6-14(7-5-12)20(22)23/h4-7,13,15,18H,8-11H2,1-3H3,(H,19,21). The van der Waals surface area contributed by atoms with E-state index in [0.29, 0.717) is 0 Å². The molecule has 0 aliphatic carbocycles. The van der Waals surface area contributed by atoms with Crippen LogP contribution in [0.2, 0.25) is 0 Å². The number of piperidine rings is 1. The first-order valence-electron chi connectivity index (χ1n) is 8.21. The van der Waals surface area contributed by atoms with E-state index in [1.165, 1.54) is 12.1 Å². The zero-order chi connectivity index (χ0) is 17.7. The van der Waals surface area contributed by atoms with Crippen LogP contribution in [0.4, 0.5) is 10.5 Å². The minimum absolute atomic E-state index is 0.0417. The number of alkyl carbamates (subject to hydrolysis) is 1. The Morgan fingerprint density at radius 1 is 1.29 bits per heavy atom. The molecule has 0 spiro atoms. The number of nitrogens with zero attached hydrogens (tertiary/aromatic N) is 1. The Morgan fingerprint density at radius 3 is 2.38 bits per heavy atom. The van der Waals surface area contributed by atoms with Crippen molar-refractivity contribution in [3.05, 3.63) is 39.9 Å². The van der Waals surface area contributed by atoms with Gasteiger partial charge in [0, 0.05) is 12.1 Å². The summed E-state index contributed by atoms with van der Waals surface area (Å²) in [7, 11) is 0. The lowest BCUT2D eigenvalue weighted by Crippen LogP contribution is -2.41. The second-order valence-corrected chi connectivity index (χ2v) is 7.06. The summed E-state index contributed by atoms with van der Waals surface area (Å²) in [6.07, 6.45) is 1.39. The number of benzene rings is 1. The van der Waals surface area contributed by atoms with Gasteiger partial charge in [-0.1, -0.05) is 12.1 Å². The number of rotatable bonds is 4. The van der Waals surface area contributed by atoms with Gasteiger partial charge in [-0.15, -0.1) is 0 Å². The van der Waals surface area contributed by atoms with Gasteiger partial charge in [-0.05, 0) is 58.2 Å². The minimum atomic E-state index is -0.571. The predicted octanol–water partition coefficient (Wildman–Crippen LogP) is 3.16. The molecular formula is C17H25N3O4. The second-order valence-electron chi connectivity index (χ2n) is 7.06. The molecule has 1 aromatic rings. The quantitative estimate of drug-likeness (QED) is 0.651. The molecule has 2 N–H and O–H groups in total. The third kappa shape index (κ3) is 5.19. The highest BCUT2D eigenvalue weighted by Crippen LogP contribution is 2.30. The van der Waals surface area contributed by atoms with E-state index < -0.39 is 16.6 Å². The molecule has 0 bridgehead atoms. The molecule has 1 unspecified atom stereocenters. The summed E-state index contributed by atoms with van der Waals surface area (Å²) in [6, 6.07) is 6.15. The highest BCUT2D eigenvalue weighted by atomic mass is 16.6. The van der Waals surface area contributed by atoms with Crippen molar-refractivity contribution in [1.82, 2.24) is 10.6 Å². The van der Waals surface area contributed by atoms with E-state index in [1.807, 2.05) is 20.8 Å². The zero-order valence-electron chi connectivity index (χ0n) is 14.4. The molecular weight excluding hydrogens is 310 g/mol. The van der Waals surface area contributed by atoms with Crippen LogP contribution >= 0.6 is 0 Å². The van der Waals surface area contributed by atoms with Gasteiger partial charge in [0.15, 0.2) is 0 Å². The fourth-order valence-electron chi connectivity index (χ4n) is 2.89. The minimum Gasteiger partial charge on any atom is -0.444 e. The summed E-state index contributed by atoms with van der Waals surface area (Å²) >= 11 is 0. The monoisotopic (exact) mass is 335 g/mol. The molecule has 0 saturated carbocycles. The topological polar surface area (TPSA) is 93.5 Å². The number of non-ortho nitro benzene ring substituents is 1. The van der Waals surface area contributed by atoms with E-state index in [9.17, 15) is 14.9 Å². The van der Waals surface area contributed by atoms with Crippen molar-refractivity contribution in [2.24, 2.45) is 5.92 Å². The van der Waals surface area contributed by atoms with Gasteiger partial charge in [-0.3, -0.25) is 10.1 Å². The number of carbonyl (C=O) groups excluding carboxylic acids is 1. The summed E-state index contributed by atoms with van der Waals surface area (Å²) in [4.78, 5) is 22.6. The van der Waals surface area contributed by atoms with Crippen LogP contribution in [0.3, 0.4) is 0 Å². The SMILES string of the molecule is CC(C)(C)OC(=O)NC(c1ccc([N+](=O)[O-])cc1)C1CCNCC1. The number of hydrogen-bond acceptors (Lipinski definition) is 5. The van der Waals surface area contributed by atoms with E-state index in [4.69, 9.17) is 4.74 Å². The number of amides is 1. The Labute approximate surface area is 141 Å². The van der Waals surface area contributed by atoms with E-state index in [2.05, 4.69) is 10.6 Å². The predicted molar refractivity (Wildman–Crippen MR) is 90.8 cm³/mol. The van der Waals surface area contributed by atoms with Crippen molar-refractivity contribution in [3.8, 4) is 0 Å². The Kier molecular flexibility index (Phi) is 5.77. The smallest absolute Gasteiger partial charge is 0.408 e. The van der Waals surface area contributed by atoms with Crippen molar-refractivity contribution < 1.29 is 14.5 Å². The van der Waals surface area contributed by atoms with Crippen LogP contribution in [-0.2, 0) is 4.74 Å². The fourth-order valence-corrected chi connectivity index (χ4v) is 2.89. The molecule has 1 aromatic carbocycles. The number of hydrogen-bond donors (Lipinski definition) is 2. The fraction of sp³-hybridized carbons (Fsp3) is 0.588. The van der Waals surface area contributed by atoms with Crippen molar-refractivity contribution in [1.29, 1.82) is 0 Å². The van der Waals surface area contributed by atoms with Gasteiger partial charge in [-0.2, -0.15) is 0 Å². The van der Waals surface area contributed by atoms with Crippen LogP contribution in [0.25, 0.3) is 0 Å². The van der Waals surface area contributed by atoms with Gasteiger partial charge in [0.2, 0.25) is 0 Å². The highest BCUT2D eigenvalue weighted by molar-refractivity contribution is 5.68. The lowest BCUT2D eigenvalue weighted by molar-refractivity contribution is -0.384. The van der Waals surface area contributed by atoms with E-state index in [1.54, 1.807) is 12.1 Å². The molecule has 7 heteroatoms. The lowest BCUT2D eigenvalue weighted by Gasteiger charge is -2.32. The van der Waals surface area contributed by atoms with Gasteiger partial charge >= 0.3 is 6.09 Å². The molecule has 7 nitrogen and oxygen atoms in total. The van der Waals surface area contributed by atoms with Gasteiger partial charge in [0.1, 0.15) is 5.60 Å². The van der Waals surface area contributed by atoms with Gasteiger partial charge in [0.05, 0.1) is 11.0 Å². The summed E-state index contributed by atoms with van der Waals surface area (Å²) < 4.78 is 5.37. The molecule has 132 valence electrons. The Hall–Kier alpha value is -2.15. The average molecular weight is 335 g/mol. The van der Waals surface area contributed by atoms with Crippen molar-refractivity contribution >= 4 is 11.8 Å². The molecule has 24 heavy (non-hydrogen) atoms. The van der Waals surface area contributed by atoms with E-state index in [-0.39, 0.29) is 17.6 Å². The summed E-state index contributed by atoms with van der Waals surface area (Å²) in [5.41, 5.74) is 0.330. The maximum absolute atomic E-state index is 12.2. The number of carbonyl (C=O) groups is 1. The van der Waals surface area contributed by atoms with E-state index in [0.717, 1.165) is 31.5 Å². The highest BCUT2D eigenvalue weighted by Gasteiger charge is 2.28.